The van der Waals surface area contributed by atoms with Gasteiger partial charge >= 0.3 is 0 Å². The van der Waals surface area contributed by atoms with Crippen molar-refractivity contribution >= 4 is 33.2 Å². The van der Waals surface area contributed by atoms with Crippen LogP contribution in [-0.4, -0.2) is 23.9 Å². The number of piperidine rings is 1. The molecule has 1 aromatic carbocycles. The molecule has 1 aliphatic rings. The summed E-state index contributed by atoms with van der Waals surface area (Å²) in [6.45, 7) is 2.03. The highest BCUT2D eigenvalue weighted by atomic mass is 79.9. The Morgan fingerprint density at radius 2 is 2.33 bits per heavy atom. The first-order valence-corrected chi connectivity index (χ1v) is 7.80. The third kappa shape index (κ3) is 4.78. The van der Waals surface area contributed by atoms with Crippen molar-refractivity contribution < 1.29 is 9.72 Å². The average molecular weight is 356 g/mol. The van der Waals surface area contributed by atoms with Crippen LogP contribution in [0.4, 0.5) is 11.4 Å². The fraction of sp³-hybridized carbons (Fsp3) is 0.500. The van der Waals surface area contributed by atoms with Gasteiger partial charge in [0.05, 0.1) is 9.40 Å². The third-order valence-electron chi connectivity index (χ3n) is 3.61. The summed E-state index contributed by atoms with van der Waals surface area (Å²) < 4.78 is 0.402. The predicted molar refractivity (Wildman–Crippen MR) is 84.3 cm³/mol. The molecule has 7 heteroatoms. The maximum absolute atomic E-state index is 11.9. The zero-order valence-electron chi connectivity index (χ0n) is 11.6. The average Bonchev–Trinajstić information content (AvgIpc) is 2.48. The van der Waals surface area contributed by atoms with E-state index in [1.54, 1.807) is 12.1 Å². The van der Waals surface area contributed by atoms with Gasteiger partial charge in [-0.3, -0.25) is 14.9 Å². The highest BCUT2D eigenvalue weighted by molar-refractivity contribution is 9.10. The van der Waals surface area contributed by atoms with E-state index in [1.165, 1.54) is 6.07 Å². The fourth-order valence-corrected chi connectivity index (χ4v) is 2.85. The summed E-state index contributed by atoms with van der Waals surface area (Å²) in [5.41, 5.74) is 0.404. The van der Waals surface area contributed by atoms with Crippen LogP contribution in [0.2, 0.25) is 0 Å². The van der Waals surface area contributed by atoms with E-state index < -0.39 is 4.92 Å². The van der Waals surface area contributed by atoms with Gasteiger partial charge in [-0.1, -0.05) is 0 Å². The van der Waals surface area contributed by atoms with Crippen LogP contribution in [0.3, 0.4) is 0 Å². The van der Waals surface area contributed by atoms with Gasteiger partial charge in [0.2, 0.25) is 5.91 Å². The van der Waals surface area contributed by atoms with Crippen LogP contribution in [0.25, 0.3) is 0 Å². The topological polar surface area (TPSA) is 84.3 Å². The summed E-state index contributed by atoms with van der Waals surface area (Å²) in [6.07, 6.45) is 3.60. The number of anilines is 1. The SMILES string of the molecule is O=C(CCC1CCCNC1)Nc1ccc(Br)c([N+](=O)[O-])c1. The van der Waals surface area contributed by atoms with Crippen LogP contribution < -0.4 is 10.6 Å². The molecule has 1 fully saturated rings. The van der Waals surface area contributed by atoms with Crippen molar-refractivity contribution in [1.29, 1.82) is 0 Å². The summed E-state index contributed by atoms with van der Waals surface area (Å²) in [7, 11) is 0. The Balaban J connectivity index is 1.87. The largest absolute Gasteiger partial charge is 0.326 e. The molecule has 1 saturated heterocycles. The number of rotatable bonds is 5. The normalized spacial score (nSPS) is 18.2. The molecule has 0 aromatic heterocycles. The van der Waals surface area contributed by atoms with Gasteiger partial charge in [0.25, 0.3) is 5.69 Å². The molecule has 0 radical (unpaired) electrons. The van der Waals surface area contributed by atoms with Crippen molar-refractivity contribution in [2.45, 2.75) is 25.7 Å². The van der Waals surface area contributed by atoms with E-state index >= 15 is 0 Å². The Morgan fingerprint density at radius 1 is 1.52 bits per heavy atom. The minimum absolute atomic E-state index is 0.0516. The predicted octanol–water partition coefficient (Wildman–Crippen LogP) is 3.08. The summed E-state index contributed by atoms with van der Waals surface area (Å²) in [6, 6.07) is 4.58. The third-order valence-corrected chi connectivity index (χ3v) is 4.28. The molecule has 0 saturated carbocycles. The molecule has 114 valence electrons. The Labute approximate surface area is 131 Å². The molecule has 1 unspecified atom stereocenters. The van der Waals surface area contributed by atoms with E-state index in [-0.39, 0.29) is 11.6 Å². The number of amides is 1. The Bertz CT molecular complexity index is 530. The number of benzene rings is 1. The van der Waals surface area contributed by atoms with E-state index in [4.69, 9.17) is 0 Å². The first-order valence-electron chi connectivity index (χ1n) is 7.01. The maximum atomic E-state index is 11.9. The number of hydrogen-bond donors (Lipinski definition) is 2. The fourth-order valence-electron chi connectivity index (χ4n) is 2.46. The van der Waals surface area contributed by atoms with E-state index in [9.17, 15) is 14.9 Å². The summed E-state index contributed by atoms with van der Waals surface area (Å²) in [4.78, 5) is 22.3. The minimum Gasteiger partial charge on any atom is -0.326 e. The molecule has 0 bridgehead atoms. The molecule has 1 heterocycles. The van der Waals surface area contributed by atoms with Crippen LogP contribution in [0.1, 0.15) is 25.7 Å². The van der Waals surface area contributed by atoms with Crippen LogP contribution in [0.5, 0.6) is 0 Å². The molecule has 1 atom stereocenters. The lowest BCUT2D eigenvalue weighted by atomic mass is 9.94. The lowest BCUT2D eigenvalue weighted by molar-refractivity contribution is -0.385. The standard InChI is InChI=1S/C14H18BrN3O3/c15-12-5-4-11(8-13(12)18(20)21)17-14(19)6-3-10-2-1-7-16-9-10/h4-5,8,10,16H,1-3,6-7,9H2,(H,17,19). The van der Waals surface area contributed by atoms with Gasteiger partial charge in [0.15, 0.2) is 0 Å². The van der Waals surface area contributed by atoms with Crippen LogP contribution in [0, 0.1) is 16.0 Å². The molecule has 1 aromatic rings. The van der Waals surface area contributed by atoms with Crippen molar-refractivity contribution in [2.75, 3.05) is 18.4 Å². The van der Waals surface area contributed by atoms with Gasteiger partial charge in [-0.25, -0.2) is 0 Å². The number of nitrogens with one attached hydrogen (secondary N) is 2. The number of nitro groups is 1. The van der Waals surface area contributed by atoms with Crippen molar-refractivity contribution in [3.63, 3.8) is 0 Å². The molecular formula is C14H18BrN3O3. The first kappa shape index (κ1) is 15.9. The number of nitrogens with zero attached hydrogens (tertiary/aromatic N) is 1. The van der Waals surface area contributed by atoms with E-state index in [0.717, 1.165) is 32.4 Å². The molecule has 0 spiro atoms. The maximum Gasteiger partial charge on any atom is 0.285 e. The van der Waals surface area contributed by atoms with Gasteiger partial charge in [0.1, 0.15) is 0 Å². The summed E-state index contributed by atoms with van der Waals surface area (Å²) in [5, 5.41) is 16.9. The summed E-state index contributed by atoms with van der Waals surface area (Å²) >= 11 is 3.12. The first-order chi connectivity index (χ1) is 10.1. The number of halogens is 1. The zero-order chi connectivity index (χ0) is 15.2. The lowest BCUT2D eigenvalue weighted by Gasteiger charge is -2.22. The second-order valence-corrected chi connectivity index (χ2v) is 6.08. The van der Waals surface area contributed by atoms with Crippen LogP contribution in [-0.2, 0) is 4.79 Å². The number of nitro benzene ring substituents is 1. The molecule has 6 nitrogen and oxygen atoms in total. The quantitative estimate of drug-likeness (QED) is 0.627. The molecule has 21 heavy (non-hydrogen) atoms. The summed E-state index contributed by atoms with van der Waals surface area (Å²) in [5.74, 6) is 0.445. The van der Waals surface area contributed by atoms with Crippen LogP contribution >= 0.6 is 15.9 Å². The molecule has 1 amide bonds. The molecule has 0 aliphatic carbocycles. The van der Waals surface area contributed by atoms with Gasteiger partial charge in [-0.05, 0) is 66.3 Å². The number of carbonyl (C=O) groups excluding carboxylic acids is 1. The molecule has 2 N–H and O–H groups in total. The van der Waals surface area contributed by atoms with Crippen molar-refractivity contribution in [3.05, 3.63) is 32.8 Å². The van der Waals surface area contributed by atoms with E-state index in [2.05, 4.69) is 26.6 Å². The lowest BCUT2D eigenvalue weighted by Crippen LogP contribution is -2.30. The van der Waals surface area contributed by atoms with Crippen LogP contribution in [0.15, 0.2) is 22.7 Å². The Hall–Kier alpha value is -1.47. The van der Waals surface area contributed by atoms with Crippen molar-refractivity contribution in [2.24, 2.45) is 5.92 Å². The van der Waals surface area contributed by atoms with Crippen molar-refractivity contribution in [1.82, 2.24) is 5.32 Å². The monoisotopic (exact) mass is 355 g/mol. The van der Waals surface area contributed by atoms with E-state index in [1.807, 2.05) is 0 Å². The zero-order valence-corrected chi connectivity index (χ0v) is 13.2. The van der Waals surface area contributed by atoms with Gasteiger partial charge in [-0.15, -0.1) is 0 Å². The number of carbonyl (C=O) groups is 1. The van der Waals surface area contributed by atoms with Gasteiger partial charge < -0.3 is 10.6 Å². The molecular weight excluding hydrogens is 338 g/mol. The Morgan fingerprint density at radius 3 is 3.00 bits per heavy atom. The van der Waals surface area contributed by atoms with Crippen molar-refractivity contribution in [3.8, 4) is 0 Å². The number of hydrogen-bond acceptors (Lipinski definition) is 4. The van der Waals surface area contributed by atoms with Gasteiger partial charge in [0, 0.05) is 18.2 Å². The molecule has 1 aliphatic heterocycles. The van der Waals surface area contributed by atoms with Gasteiger partial charge in [-0.2, -0.15) is 0 Å². The highest BCUT2D eigenvalue weighted by Gasteiger charge is 2.16. The Kier molecular flexibility index (Phi) is 5.69. The minimum atomic E-state index is -0.479. The van der Waals surface area contributed by atoms with E-state index in [0.29, 0.717) is 22.5 Å². The second-order valence-electron chi connectivity index (χ2n) is 5.22. The highest BCUT2D eigenvalue weighted by Crippen LogP contribution is 2.28. The molecule has 2 rings (SSSR count). The second kappa shape index (κ2) is 7.51. The smallest absolute Gasteiger partial charge is 0.285 e.